The number of aliphatic carboxylic acids is 1. The quantitative estimate of drug-likeness (QED) is 0.119. The minimum atomic E-state index is -1.52. The summed E-state index contributed by atoms with van der Waals surface area (Å²) in [4.78, 5) is 60.3. The number of carboxylic acids is 1. The first-order valence-electron chi connectivity index (χ1n) is 9.87. The predicted molar refractivity (Wildman–Crippen MR) is 116 cm³/mol. The Morgan fingerprint density at radius 2 is 1.22 bits per heavy atom. The number of nitrogens with two attached hydrogens (primary N) is 1. The Morgan fingerprint density at radius 1 is 0.781 bits per heavy atom. The minimum Gasteiger partial charge on any atom is -0.480 e. The number of hydrogen-bond donors (Lipinski definition) is 9. The zero-order valence-corrected chi connectivity index (χ0v) is 19.3. The van der Waals surface area contributed by atoms with Crippen LogP contribution in [0, 0.1) is 5.92 Å². The molecule has 0 saturated heterocycles. The molecule has 0 bridgehead atoms. The summed E-state index contributed by atoms with van der Waals surface area (Å²) < 4.78 is 0. The second-order valence-corrected chi connectivity index (χ2v) is 7.89. The summed E-state index contributed by atoms with van der Waals surface area (Å²) in [5.41, 5.74) is 5.18. The zero-order valence-electron chi connectivity index (χ0n) is 18.4. The van der Waals surface area contributed by atoms with Crippen LogP contribution in [0.3, 0.4) is 0 Å². The molecule has 184 valence electrons. The van der Waals surface area contributed by atoms with Crippen molar-refractivity contribution in [1.29, 1.82) is 0 Å². The maximum atomic E-state index is 12.6. The molecular formula is C18H33N5O8S. The zero-order chi connectivity index (χ0) is 25.2. The van der Waals surface area contributed by atoms with E-state index in [9.17, 15) is 39.3 Å². The lowest BCUT2D eigenvalue weighted by Crippen LogP contribution is -2.62. The van der Waals surface area contributed by atoms with E-state index in [0.29, 0.717) is 0 Å². The number of aliphatic hydroxyl groups is 2. The Hall–Kier alpha value is -2.42. The van der Waals surface area contributed by atoms with Crippen LogP contribution in [-0.2, 0) is 24.0 Å². The van der Waals surface area contributed by atoms with Crippen LogP contribution in [0.1, 0.15) is 27.7 Å². The fraction of sp³-hybridized carbons (Fsp3) is 0.722. The van der Waals surface area contributed by atoms with Crippen molar-refractivity contribution in [2.24, 2.45) is 11.7 Å². The van der Waals surface area contributed by atoms with Crippen molar-refractivity contribution in [2.45, 2.75) is 64.1 Å². The van der Waals surface area contributed by atoms with Crippen LogP contribution in [0.5, 0.6) is 0 Å². The standard InChI is InChI=1S/C18H33N5O8S/c1-7(2)12(18(30)31)22-17(29)14(9(4)25)23-15(27)10(6-32)20-16(28)13(8(3)24)21-11(26)5-19/h7-10,12-14,24-25,32H,5-6,19H2,1-4H3,(H,20,28)(H,21,26)(H,22,29)(H,23,27)(H,30,31)/t8-,9-,10+,12+,13+,14+/m1/s1. The Bertz CT molecular complexity index is 688. The topological polar surface area (TPSA) is 220 Å². The largest absolute Gasteiger partial charge is 0.480 e. The highest BCUT2D eigenvalue weighted by Gasteiger charge is 2.34. The first-order chi connectivity index (χ1) is 14.8. The average Bonchev–Trinajstić information content (AvgIpc) is 2.70. The van der Waals surface area contributed by atoms with Gasteiger partial charge in [0.25, 0.3) is 0 Å². The summed E-state index contributed by atoms with van der Waals surface area (Å²) >= 11 is 3.99. The molecule has 6 atom stereocenters. The van der Waals surface area contributed by atoms with E-state index in [4.69, 9.17) is 5.73 Å². The number of amides is 4. The lowest BCUT2D eigenvalue weighted by molar-refractivity contribution is -0.144. The normalized spacial score (nSPS) is 16.7. The van der Waals surface area contributed by atoms with E-state index in [-0.39, 0.29) is 5.75 Å². The molecule has 0 spiro atoms. The molecule has 0 saturated carbocycles. The minimum absolute atomic E-state index is 0.229. The fourth-order valence-electron chi connectivity index (χ4n) is 2.51. The van der Waals surface area contributed by atoms with Gasteiger partial charge in [0.05, 0.1) is 18.8 Å². The predicted octanol–water partition coefficient (Wildman–Crippen LogP) is -3.68. The maximum Gasteiger partial charge on any atom is 0.326 e. The number of hydrogen-bond acceptors (Lipinski definition) is 9. The molecule has 0 unspecified atom stereocenters. The summed E-state index contributed by atoms with van der Waals surface area (Å²) in [5.74, 6) is -5.43. The molecule has 0 heterocycles. The summed E-state index contributed by atoms with van der Waals surface area (Å²) in [5, 5.41) is 37.9. The summed E-state index contributed by atoms with van der Waals surface area (Å²) in [7, 11) is 0. The van der Waals surface area contributed by atoms with Gasteiger partial charge in [-0.25, -0.2) is 4.79 Å². The molecule has 14 heteroatoms. The van der Waals surface area contributed by atoms with Crippen LogP contribution in [0.2, 0.25) is 0 Å². The lowest BCUT2D eigenvalue weighted by atomic mass is 10.0. The van der Waals surface area contributed by atoms with Crippen LogP contribution in [0.15, 0.2) is 0 Å². The van der Waals surface area contributed by atoms with Crippen molar-refractivity contribution in [3.63, 3.8) is 0 Å². The van der Waals surface area contributed by atoms with Crippen molar-refractivity contribution in [3.05, 3.63) is 0 Å². The van der Waals surface area contributed by atoms with Crippen molar-refractivity contribution in [1.82, 2.24) is 21.3 Å². The van der Waals surface area contributed by atoms with Crippen molar-refractivity contribution in [2.75, 3.05) is 12.3 Å². The van der Waals surface area contributed by atoms with Crippen LogP contribution < -0.4 is 27.0 Å². The van der Waals surface area contributed by atoms with Gasteiger partial charge in [0.2, 0.25) is 23.6 Å². The molecule has 0 aliphatic rings. The van der Waals surface area contributed by atoms with E-state index in [1.165, 1.54) is 13.8 Å². The van der Waals surface area contributed by atoms with Crippen molar-refractivity contribution in [3.8, 4) is 0 Å². The summed E-state index contributed by atoms with van der Waals surface area (Å²) in [6.45, 7) is 5.19. The first kappa shape index (κ1) is 29.6. The number of thiol groups is 1. The SMILES string of the molecule is CC(C)[C@H](NC(=O)[C@@H](NC(=O)[C@H](CS)NC(=O)[C@@H](NC(=O)CN)[C@@H](C)O)[C@@H](C)O)C(=O)O. The van der Waals surface area contributed by atoms with Gasteiger partial charge in [0.1, 0.15) is 24.2 Å². The molecule has 0 aliphatic carbocycles. The molecule has 4 amide bonds. The Labute approximate surface area is 191 Å². The fourth-order valence-corrected chi connectivity index (χ4v) is 2.77. The Morgan fingerprint density at radius 3 is 1.59 bits per heavy atom. The first-order valence-corrected chi connectivity index (χ1v) is 10.5. The van der Waals surface area contributed by atoms with E-state index in [2.05, 4.69) is 33.9 Å². The Kier molecular flexibility index (Phi) is 12.8. The molecule has 0 radical (unpaired) electrons. The van der Waals surface area contributed by atoms with Gasteiger partial charge in [-0.05, 0) is 19.8 Å². The molecule has 0 aliphatic heterocycles. The number of nitrogens with one attached hydrogen (secondary N) is 4. The van der Waals surface area contributed by atoms with Crippen LogP contribution in [0.4, 0.5) is 0 Å². The third-order valence-corrected chi connectivity index (χ3v) is 4.74. The maximum absolute atomic E-state index is 12.6. The van der Waals surface area contributed by atoms with Gasteiger partial charge in [-0.3, -0.25) is 19.2 Å². The molecule has 0 fully saturated rings. The number of carbonyl (C=O) groups excluding carboxylic acids is 4. The van der Waals surface area contributed by atoms with Crippen LogP contribution in [0.25, 0.3) is 0 Å². The van der Waals surface area contributed by atoms with Crippen molar-refractivity contribution >= 4 is 42.2 Å². The lowest BCUT2D eigenvalue weighted by Gasteiger charge is -2.27. The Balaban J connectivity index is 5.37. The van der Waals surface area contributed by atoms with E-state index in [1.807, 2.05) is 0 Å². The van der Waals surface area contributed by atoms with Gasteiger partial charge >= 0.3 is 5.97 Å². The van der Waals surface area contributed by atoms with Crippen LogP contribution >= 0.6 is 12.6 Å². The molecule has 32 heavy (non-hydrogen) atoms. The number of aliphatic hydroxyl groups excluding tert-OH is 2. The van der Waals surface area contributed by atoms with Gasteiger partial charge < -0.3 is 42.3 Å². The van der Waals surface area contributed by atoms with E-state index < -0.39 is 78.4 Å². The molecule has 0 aromatic heterocycles. The molecular weight excluding hydrogens is 446 g/mol. The highest BCUT2D eigenvalue weighted by Crippen LogP contribution is 2.04. The molecule has 0 aromatic rings. The smallest absolute Gasteiger partial charge is 0.326 e. The molecule has 0 aromatic carbocycles. The van der Waals surface area contributed by atoms with Crippen molar-refractivity contribution < 1.29 is 39.3 Å². The summed E-state index contributed by atoms with van der Waals surface area (Å²) in [6.07, 6.45) is -2.71. The number of rotatable bonds is 13. The van der Waals surface area contributed by atoms with Crippen LogP contribution in [-0.4, -0.2) is 93.6 Å². The van der Waals surface area contributed by atoms with E-state index >= 15 is 0 Å². The third kappa shape index (κ3) is 9.38. The van der Waals surface area contributed by atoms with Gasteiger partial charge in [0.15, 0.2) is 0 Å². The van der Waals surface area contributed by atoms with Gasteiger partial charge in [-0.2, -0.15) is 12.6 Å². The monoisotopic (exact) mass is 479 g/mol. The average molecular weight is 480 g/mol. The summed E-state index contributed by atoms with van der Waals surface area (Å²) in [6, 6.07) is -5.48. The van der Waals surface area contributed by atoms with E-state index in [0.717, 1.165) is 0 Å². The number of carboxylic acid groups (broad SMARTS) is 1. The second-order valence-electron chi connectivity index (χ2n) is 7.53. The number of carbonyl (C=O) groups is 5. The second kappa shape index (κ2) is 13.9. The van der Waals surface area contributed by atoms with Gasteiger partial charge in [-0.15, -0.1) is 0 Å². The molecule has 0 rings (SSSR count). The third-order valence-electron chi connectivity index (χ3n) is 4.38. The highest BCUT2D eigenvalue weighted by molar-refractivity contribution is 7.80. The van der Waals surface area contributed by atoms with E-state index in [1.54, 1.807) is 13.8 Å². The van der Waals surface area contributed by atoms with Gasteiger partial charge in [0, 0.05) is 5.75 Å². The molecule has 9 N–H and O–H groups in total. The van der Waals surface area contributed by atoms with Gasteiger partial charge in [-0.1, -0.05) is 13.8 Å². The molecule has 13 nitrogen and oxygen atoms in total. The highest BCUT2D eigenvalue weighted by atomic mass is 32.1.